The highest BCUT2D eigenvalue weighted by Crippen LogP contribution is 2.45. The van der Waals surface area contributed by atoms with Crippen LogP contribution < -0.4 is 14.5 Å². The van der Waals surface area contributed by atoms with Crippen molar-refractivity contribution in [2.24, 2.45) is 0 Å². The molecule has 2 aromatic heterocycles. The average molecular weight is 754 g/mol. The summed E-state index contributed by atoms with van der Waals surface area (Å²) >= 11 is 0. The third-order valence-electron chi connectivity index (χ3n) is 7.86. The smallest absolute Gasteiger partial charge is 0.433 e. The van der Waals surface area contributed by atoms with E-state index in [4.69, 9.17) is 19.3 Å². The fraction of sp³-hybridized carbons (Fsp3) is 0.469. The van der Waals surface area contributed by atoms with Gasteiger partial charge in [0.15, 0.2) is 5.75 Å². The summed E-state index contributed by atoms with van der Waals surface area (Å²) < 4.78 is 141. The molecule has 0 aliphatic carbocycles. The molecule has 20 heteroatoms. The van der Waals surface area contributed by atoms with Crippen molar-refractivity contribution in [2.75, 3.05) is 36.7 Å². The quantitative estimate of drug-likeness (QED) is 0.137. The van der Waals surface area contributed by atoms with Gasteiger partial charge in [0.25, 0.3) is 0 Å². The number of hydrogen-bond donors (Lipinski definition) is 1. The zero-order chi connectivity index (χ0) is 38.4. The van der Waals surface area contributed by atoms with E-state index in [2.05, 4.69) is 15.0 Å². The number of carbonyl (C=O) groups excluding carboxylic acids is 1. The number of pyridine rings is 1. The summed E-state index contributed by atoms with van der Waals surface area (Å²) in [5.74, 6) is -1.37. The molecule has 1 aliphatic heterocycles. The van der Waals surface area contributed by atoms with Gasteiger partial charge in [0, 0.05) is 26.1 Å². The van der Waals surface area contributed by atoms with Gasteiger partial charge in [0.1, 0.15) is 12.3 Å². The summed E-state index contributed by atoms with van der Waals surface area (Å²) in [6.07, 6.45) is -14.7. The van der Waals surface area contributed by atoms with Crippen molar-refractivity contribution in [2.45, 2.75) is 69.8 Å². The van der Waals surface area contributed by atoms with Crippen LogP contribution in [0, 0.1) is 0 Å². The van der Waals surface area contributed by atoms with Crippen LogP contribution in [-0.2, 0) is 39.3 Å². The van der Waals surface area contributed by atoms with Crippen molar-refractivity contribution in [3.8, 4) is 5.75 Å². The number of amides is 1. The monoisotopic (exact) mass is 753 g/mol. The molecule has 0 unspecified atom stereocenters. The SMILES string of the molecule is CC[C@@H]1C[C@@H](N(Cc2cc(C(F)(F)F)cc(C(F)(F)F)c2)c2ncc(OCCOC)cn2)c2nc(C(F)(F)F)ccc2N1C(=O)OCCCC(=O)O. The lowest BCUT2D eigenvalue weighted by molar-refractivity contribution is -0.143. The predicted molar refractivity (Wildman–Crippen MR) is 163 cm³/mol. The lowest BCUT2D eigenvalue weighted by atomic mass is 9.91. The Morgan fingerprint density at radius 1 is 0.923 bits per heavy atom. The number of halogens is 9. The van der Waals surface area contributed by atoms with Crippen LogP contribution in [0.4, 0.5) is 55.9 Å². The molecule has 2 atom stereocenters. The van der Waals surface area contributed by atoms with Crippen LogP contribution in [0.1, 0.15) is 66.7 Å². The van der Waals surface area contributed by atoms with E-state index in [1.165, 1.54) is 7.11 Å². The van der Waals surface area contributed by atoms with Gasteiger partial charge < -0.3 is 24.2 Å². The van der Waals surface area contributed by atoms with Crippen molar-refractivity contribution in [1.29, 1.82) is 0 Å². The van der Waals surface area contributed by atoms with E-state index in [1.54, 1.807) is 6.92 Å². The number of fused-ring (bicyclic) bond motifs is 1. The molecule has 0 fully saturated rings. The number of aromatic nitrogens is 3. The third-order valence-corrected chi connectivity index (χ3v) is 7.86. The molecule has 52 heavy (non-hydrogen) atoms. The molecule has 0 saturated heterocycles. The van der Waals surface area contributed by atoms with Crippen molar-refractivity contribution in [1.82, 2.24) is 15.0 Å². The van der Waals surface area contributed by atoms with Crippen LogP contribution in [0.5, 0.6) is 5.75 Å². The Labute approximate surface area is 290 Å². The van der Waals surface area contributed by atoms with Crippen LogP contribution in [0.15, 0.2) is 42.7 Å². The molecule has 11 nitrogen and oxygen atoms in total. The maximum absolute atomic E-state index is 14.0. The van der Waals surface area contributed by atoms with Gasteiger partial charge in [-0.15, -0.1) is 0 Å². The number of ether oxygens (including phenoxy) is 3. The van der Waals surface area contributed by atoms with Crippen molar-refractivity contribution in [3.05, 3.63) is 70.8 Å². The number of hydrogen-bond acceptors (Lipinski definition) is 9. The predicted octanol–water partition coefficient (Wildman–Crippen LogP) is 7.69. The first-order valence-corrected chi connectivity index (χ1v) is 15.6. The van der Waals surface area contributed by atoms with E-state index in [0.717, 1.165) is 28.3 Å². The molecule has 0 saturated carbocycles. The van der Waals surface area contributed by atoms with Crippen molar-refractivity contribution < 1.29 is 68.4 Å². The van der Waals surface area contributed by atoms with Gasteiger partial charge in [0.05, 0.1) is 54.2 Å². The molecule has 284 valence electrons. The average Bonchev–Trinajstić information content (AvgIpc) is 3.07. The number of carbonyl (C=O) groups is 2. The minimum absolute atomic E-state index is 0.0589. The Morgan fingerprint density at radius 2 is 1.56 bits per heavy atom. The molecule has 0 bridgehead atoms. The molecule has 1 aromatic carbocycles. The topological polar surface area (TPSA) is 127 Å². The molecule has 3 aromatic rings. The summed E-state index contributed by atoms with van der Waals surface area (Å²) in [6, 6.07) is 0.232. The van der Waals surface area contributed by atoms with E-state index in [0.29, 0.717) is 18.2 Å². The summed E-state index contributed by atoms with van der Waals surface area (Å²) in [5.41, 5.74) is -5.79. The summed E-state index contributed by atoms with van der Waals surface area (Å²) in [4.78, 5) is 38.6. The lowest BCUT2D eigenvalue weighted by Gasteiger charge is -2.43. The largest absolute Gasteiger partial charge is 0.488 e. The second-order valence-electron chi connectivity index (χ2n) is 11.5. The Bertz CT molecular complexity index is 1670. The Kier molecular flexibility index (Phi) is 12.4. The van der Waals surface area contributed by atoms with Gasteiger partial charge in [-0.2, -0.15) is 39.5 Å². The summed E-state index contributed by atoms with van der Waals surface area (Å²) in [6.45, 7) is 0.738. The maximum Gasteiger partial charge on any atom is 0.433 e. The van der Waals surface area contributed by atoms with Gasteiger partial charge >= 0.3 is 30.6 Å². The molecular formula is C32H32F9N5O6. The number of anilines is 2. The van der Waals surface area contributed by atoms with E-state index < -0.39 is 77.3 Å². The Balaban J connectivity index is 1.89. The number of rotatable bonds is 13. The first kappa shape index (κ1) is 39.9. The van der Waals surface area contributed by atoms with E-state index >= 15 is 0 Å². The highest BCUT2D eigenvalue weighted by Gasteiger charge is 2.44. The van der Waals surface area contributed by atoms with Crippen LogP contribution in [0.2, 0.25) is 0 Å². The number of benzene rings is 1. The van der Waals surface area contributed by atoms with Gasteiger partial charge in [-0.05, 0) is 55.2 Å². The van der Waals surface area contributed by atoms with Gasteiger partial charge in [-0.3, -0.25) is 9.69 Å². The molecule has 4 rings (SSSR count). The van der Waals surface area contributed by atoms with Crippen LogP contribution in [0.25, 0.3) is 0 Å². The standard InChI is InChI=1S/C32H32F9N5O6/c1-3-21-14-24(27-23(6-7-25(44-27)32(39,40)41)46(21)29(49)52-8-4-5-26(47)48)45(28-42-15-22(16-43-28)51-10-9-50-2)17-18-11-19(30(33,34)35)13-20(12-18)31(36,37)38/h6-7,11-13,15-16,21,24H,3-5,8-10,14,17H2,1-2H3,(H,47,48)/t21-,24-/m1/s1. The van der Waals surface area contributed by atoms with E-state index in [9.17, 15) is 49.1 Å². The maximum atomic E-state index is 14.0. The molecule has 1 N–H and O–H groups in total. The normalized spacial score (nSPS) is 16.3. The van der Waals surface area contributed by atoms with E-state index in [1.807, 2.05) is 0 Å². The van der Waals surface area contributed by atoms with E-state index in [-0.39, 0.29) is 69.0 Å². The first-order valence-electron chi connectivity index (χ1n) is 15.6. The molecule has 0 radical (unpaired) electrons. The number of carboxylic acid groups (broad SMARTS) is 1. The summed E-state index contributed by atoms with van der Waals surface area (Å²) in [5, 5.41) is 8.89. The molecule has 1 amide bonds. The van der Waals surface area contributed by atoms with Crippen LogP contribution in [-0.4, -0.2) is 65.1 Å². The van der Waals surface area contributed by atoms with Gasteiger partial charge in [-0.1, -0.05) is 6.92 Å². The zero-order valence-electron chi connectivity index (χ0n) is 27.5. The van der Waals surface area contributed by atoms with Crippen molar-refractivity contribution >= 4 is 23.7 Å². The summed E-state index contributed by atoms with van der Waals surface area (Å²) in [7, 11) is 1.42. The Morgan fingerprint density at radius 3 is 2.10 bits per heavy atom. The number of methoxy groups -OCH3 is 1. The Hall–Kier alpha value is -4.88. The fourth-order valence-corrected chi connectivity index (χ4v) is 5.47. The number of nitrogens with zero attached hydrogens (tertiary/aromatic N) is 5. The highest BCUT2D eigenvalue weighted by atomic mass is 19.4. The number of alkyl halides is 9. The number of aliphatic carboxylic acids is 1. The molecule has 1 aliphatic rings. The third kappa shape index (κ3) is 9.91. The molecule has 0 spiro atoms. The lowest BCUT2D eigenvalue weighted by Crippen LogP contribution is -2.48. The fourth-order valence-electron chi connectivity index (χ4n) is 5.47. The minimum atomic E-state index is -5.20. The highest BCUT2D eigenvalue weighted by molar-refractivity contribution is 5.90. The minimum Gasteiger partial charge on any atom is -0.488 e. The molecular weight excluding hydrogens is 721 g/mol. The van der Waals surface area contributed by atoms with Crippen LogP contribution >= 0.6 is 0 Å². The van der Waals surface area contributed by atoms with Gasteiger partial charge in [0.2, 0.25) is 5.95 Å². The number of carboxylic acids is 1. The second kappa shape index (κ2) is 16.2. The molecule has 3 heterocycles. The van der Waals surface area contributed by atoms with Crippen molar-refractivity contribution in [3.63, 3.8) is 0 Å². The zero-order valence-corrected chi connectivity index (χ0v) is 27.5. The van der Waals surface area contributed by atoms with Crippen LogP contribution in [0.3, 0.4) is 0 Å². The van der Waals surface area contributed by atoms with Gasteiger partial charge in [-0.25, -0.2) is 19.7 Å². The first-order chi connectivity index (χ1) is 24.3. The second-order valence-corrected chi connectivity index (χ2v) is 11.5.